The second-order valence-electron chi connectivity index (χ2n) is 3.74. The summed E-state index contributed by atoms with van der Waals surface area (Å²) in [5.74, 6) is 0. The molecule has 0 fully saturated rings. The Morgan fingerprint density at radius 2 is 1.11 bits per heavy atom. The third-order valence-electron chi connectivity index (χ3n) is 2.13. The second-order valence-corrected chi connectivity index (χ2v) is 7.81. The molecule has 2 atom stereocenters. The Morgan fingerprint density at radius 3 is 1.26 bits per heavy atom. The van der Waals surface area contributed by atoms with Gasteiger partial charge in [-0.3, -0.25) is 0 Å². The fourth-order valence-corrected chi connectivity index (χ4v) is 2.66. The van der Waals surface area contributed by atoms with Crippen molar-refractivity contribution in [3.63, 3.8) is 0 Å². The van der Waals surface area contributed by atoms with Crippen LogP contribution < -0.4 is 9.79 Å². The zero-order valence-corrected chi connectivity index (χ0v) is 18.1. The summed E-state index contributed by atoms with van der Waals surface area (Å²) < 4.78 is 29.6. The summed E-state index contributed by atoms with van der Waals surface area (Å²) in [4.78, 5) is 21.1. The molecule has 0 rings (SSSR count). The Balaban J connectivity index is -0.000000256. The summed E-state index contributed by atoms with van der Waals surface area (Å²) in [6.45, 7) is 3.88. The van der Waals surface area contributed by atoms with Gasteiger partial charge in [0.1, 0.15) is 15.2 Å². The molecular formula is C10H24CdO6P2. The first-order chi connectivity index (χ1) is 8.24. The van der Waals surface area contributed by atoms with E-state index in [0.717, 1.165) is 12.8 Å². The molecule has 0 amide bonds. The maximum Gasteiger partial charge on any atom is 2.00 e. The van der Waals surface area contributed by atoms with E-state index < -0.39 is 15.2 Å². The third kappa shape index (κ3) is 19.2. The number of hydrogen-bond acceptors (Lipinski definition) is 6. The smallest absolute Gasteiger partial charge is 0.779 e. The van der Waals surface area contributed by atoms with Crippen molar-refractivity contribution in [2.75, 3.05) is 26.5 Å². The van der Waals surface area contributed by atoms with Crippen molar-refractivity contribution >= 4 is 15.2 Å². The van der Waals surface area contributed by atoms with Gasteiger partial charge in [0.15, 0.2) is 0 Å². The minimum Gasteiger partial charge on any atom is -0.779 e. The van der Waals surface area contributed by atoms with Gasteiger partial charge >= 0.3 is 27.3 Å². The first-order valence-corrected chi connectivity index (χ1v) is 9.41. The van der Waals surface area contributed by atoms with Gasteiger partial charge in [-0.1, -0.05) is 26.7 Å². The first-order valence-electron chi connectivity index (χ1n) is 5.96. The molecule has 6 nitrogen and oxygen atoms in total. The molecule has 0 aromatic rings. The van der Waals surface area contributed by atoms with Crippen LogP contribution in [0.1, 0.15) is 39.5 Å². The van der Waals surface area contributed by atoms with E-state index in [1.54, 1.807) is 0 Å². The van der Waals surface area contributed by atoms with Crippen LogP contribution in [0.5, 0.6) is 0 Å². The van der Waals surface area contributed by atoms with Crippen LogP contribution in [0.4, 0.5) is 0 Å². The molecule has 0 aliphatic carbocycles. The average molecular weight is 415 g/mol. The van der Waals surface area contributed by atoms with Crippen molar-refractivity contribution in [2.24, 2.45) is 0 Å². The molecule has 0 aliphatic heterocycles. The largest absolute Gasteiger partial charge is 2.00 e. The first kappa shape index (κ1) is 25.2. The quantitative estimate of drug-likeness (QED) is 0.445. The van der Waals surface area contributed by atoms with Gasteiger partial charge in [-0.2, -0.15) is 0 Å². The average Bonchev–Trinajstić information content (AvgIpc) is 2.35. The van der Waals surface area contributed by atoms with Gasteiger partial charge in [-0.05, 0) is 12.8 Å². The molecule has 2 unspecified atom stereocenters. The van der Waals surface area contributed by atoms with Gasteiger partial charge in [-0.25, -0.2) is 0 Å². The Hall–Kier alpha value is 1.22. The van der Waals surface area contributed by atoms with Crippen LogP contribution in [-0.4, -0.2) is 26.5 Å². The molecule has 0 bridgehead atoms. The van der Waals surface area contributed by atoms with Crippen LogP contribution >= 0.6 is 15.2 Å². The third-order valence-corrected chi connectivity index (χ3v) is 4.97. The van der Waals surface area contributed by atoms with Crippen molar-refractivity contribution in [1.29, 1.82) is 0 Å². The molecule has 0 saturated carbocycles. The van der Waals surface area contributed by atoms with E-state index in [1.807, 2.05) is 13.8 Å². The van der Waals surface area contributed by atoms with E-state index in [4.69, 9.17) is 0 Å². The van der Waals surface area contributed by atoms with E-state index in [9.17, 15) is 18.9 Å². The molecule has 0 N–H and O–H groups in total. The van der Waals surface area contributed by atoms with Crippen LogP contribution in [0, 0.1) is 0 Å². The van der Waals surface area contributed by atoms with Gasteiger partial charge in [0.2, 0.25) is 0 Å². The van der Waals surface area contributed by atoms with Crippen LogP contribution in [0.3, 0.4) is 0 Å². The molecule has 9 heteroatoms. The fourth-order valence-electron chi connectivity index (χ4n) is 0.886. The molecule has 0 aromatic heterocycles. The minimum absolute atomic E-state index is 0. The van der Waals surface area contributed by atoms with Crippen LogP contribution in [0.25, 0.3) is 0 Å². The van der Waals surface area contributed by atoms with E-state index in [2.05, 4.69) is 9.05 Å². The van der Waals surface area contributed by atoms with Crippen LogP contribution in [0.2, 0.25) is 0 Å². The van der Waals surface area contributed by atoms with E-state index >= 15 is 0 Å². The standard InChI is InChI=1S/2C5H13O3P.Cd/c2*1-3-4-5-9(6,7)8-2;/h2*3-5H2,1-2H3,(H,6,7);/q;;+2/p-2. The predicted octanol–water partition coefficient (Wildman–Crippen LogP) is 1.97. The normalized spacial score (nSPS) is 16.3. The maximum atomic E-state index is 10.6. The van der Waals surface area contributed by atoms with E-state index in [0.29, 0.717) is 12.8 Å². The molecule has 0 aliphatic rings. The Labute approximate surface area is 136 Å². The van der Waals surface area contributed by atoms with Gasteiger partial charge in [0.25, 0.3) is 0 Å². The molecule has 0 spiro atoms. The Bertz CT molecular complexity index is 259. The second kappa shape index (κ2) is 14.2. The van der Waals surface area contributed by atoms with Gasteiger partial charge in [0, 0.05) is 26.5 Å². The number of rotatable bonds is 8. The zero-order valence-electron chi connectivity index (χ0n) is 12.3. The van der Waals surface area contributed by atoms with E-state index in [-0.39, 0.29) is 39.6 Å². The maximum absolute atomic E-state index is 10.6. The monoisotopic (exact) mass is 416 g/mol. The van der Waals surface area contributed by atoms with Crippen molar-refractivity contribution < 1.29 is 55.3 Å². The van der Waals surface area contributed by atoms with Crippen molar-refractivity contribution in [3.05, 3.63) is 0 Å². The van der Waals surface area contributed by atoms with Gasteiger partial charge < -0.3 is 28.0 Å². The summed E-state index contributed by atoms with van der Waals surface area (Å²) >= 11 is 0. The summed E-state index contributed by atoms with van der Waals surface area (Å²) in [6.07, 6.45) is 3.48. The SMILES string of the molecule is CCCCP(=O)([O-])OC.CCCCP(=O)([O-])OC.[Cd+2]. The Morgan fingerprint density at radius 1 is 0.842 bits per heavy atom. The Kier molecular flexibility index (Phi) is 18.8. The van der Waals surface area contributed by atoms with Crippen LogP contribution in [-0.2, 0) is 45.5 Å². The predicted molar refractivity (Wildman–Crippen MR) is 68.8 cm³/mol. The topological polar surface area (TPSA) is 98.7 Å². The zero-order chi connectivity index (χ0) is 14.7. The van der Waals surface area contributed by atoms with Crippen molar-refractivity contribution in [1.82, 2.24) is 0 Å². The summed E-state index contributed by atoms with van der Waals surface area (Å²) in [6, 6.07) is 0. The minimum atomic E-state index is -3.44. The molecule has 0 aromatic carbocycles. The van der Waals surface area contributed by atoms with Crippen molar-refractivity contribution in [2.45, 2.75) is 39.5 Å². The van der Waals surface area contributed by atoms with Crippen molar-refractivity contribution in [3.8, 4) is 0 Å². The van der Waals surface area contributed by atoms with E-state index in [1.165, 1.54) is 14.2 Å². The molecule has 0 saturated heterocycles. The molecular weight excluding hydrogens is 390 g/mol. The number of hydrogen-bond donors (Lipinski definition) is 0. The molecule has 0 heterocycles. The fraction of sp³-hybridized carbons (Fsp3) is 1.00. The molecule has 0 radical (unpaired) electrons. The summed E-state index contributed by atoms with van der Waals surface area (Å²) in [7, 11) is -4.48. The number of unbranched alkanes of at least 4 members (excludes halogenated alkanes) is 2. The molecule has 19 heavy (non-hydrogen) atoms. The summed E-state index contributed by atoms with van der Waals surface area (Å²) in [5.41, 5.74) is 0. The molecule has 112 valence electrons. The summed E-state index contributed by atoms with van der Waals surface area (Å²) in [5, 5.41) is 0. The van der Waals surface area contributed by atoms with Gasteiger partial charge in [-0.15, -0.1) is 0 Å². The van der Waals surface area contributed by atoms with Crippen LogP contribution in [0.15, 0.2) is 0 Å². The van der Waals surface area contributed by atoms with Gasteiger partial charge in [0.05, 0.1) is 0 Å².